The van der Waals surface area contributed by atoms with Crippen molar-refractivity contribution in [2.75, 3.05) is 46.5 Å². The summed E-state index contributed by atoms with van der Waals surface area (Å²) in [5.74, 6) is 7.95. The predicted molar refractivity (Wildman–Crippen MR) is 297 cm³/mol. The molecule has 1 nitrogen and oxygen atoms in total. The highest BCUT2D eigenvalue weighted by Crippen LogP contribution is 2.68. The Balaban J connectivity index is 0.919. The quantitative estimate of drug-likeness (QED) is 0.137. The van der Waals surface area contributed by atoms with Gasteiger partial charge in [0.05, 0.1) is 65.4 Å². The Morgan fingerprint density at radius 1 is 0.418 bits per heavy atom. The number of thioether (sulfide) groups is 20. The van der Waals surface area contributed by atoms with Crippen molar-refractivity contribution < 1.29 is 0 Å². The molecular formula is C34H35NS20. The van der Waals surface area contributed by atoms with Crippen molar-refractivity contribution in [3.8, 4) is 6.07 Å². The molecule has 7 aliphatic heterocycles. The second kappa shape index (κ2) is 23.9. The minimum atomic E-state index is 0.601. The minimum absolute atomic E-state index is 0.601. The predicted octanol–water partition coefficient (Wildman–Crippen LogP) is 19.5. The van der Waals surface area contributed by atoms with Crippen LogP contribution >= 0.6 is 235 Å². The van der Waals surface area contributed by atoms with Gasteiger partial charge in [-0.15, -0.1) is 94.1 Å². The van der Waals surface area contributed by atoms with Crippen LogP contribution < -0.4 is 0 Å². The van der Waals surface area contributed by atoms with E-state index in [-0.39, 0.29) is 0 Å². The molecule has 296 valence electrons. The van der Waals surface area contributed by atoms with E-state index in [9.17, 15) is 0 Å². The second-order valence-electron chi connectivity index (χ2n) is 11.2. The van der Waals surface area contributed by atoms with Gasteiger partial charge in [0.2, 0.25) is 0 Å². The highest BCUT2D eigenvalue weighted by Gasteiger charge is 2.33. The molecule has 0 spiro atoms. The Bertz CT molecular complexity index is 1840. The monoisotopic (exact) mass is 1100 g/mol. The van der Waals surface area contributed by atoms with Gasteiger partial charge < -0.3 is 0 Å². The number of rotatable bonds is 16. The van der Waals surface area contributed by atoms with Crippen LogP contribution in [-0.4, -0.2) is 46.5 Å². The van der Waals surface area contributed by atoms with Gasteiger partial charge in [0.25, 0.3) is 0 Å². The van der Waals surface area contributed by atoms with Crippen molar-refractivity contribution in [2.24, 2.45) is 0 Å². The first kappa shape index (κ1) is 47.1. The summed E-state index contributed by atoms with van der Waals surface area (Å²) in [6, 6.07) is 2.33. The van der Waals surface area contributed by atoms with Gasteiger partial charge in [0, 0.05) is 23.7 Å². The lowest BCUT2D eigenvalue weighted by atomic mass is 10.6. The molecule has 0 unspecified atom stereocenters. The Labute approximate surface area is 412 Å². The maximum absolute atomic E-state index is 9.16. The Kier molecular flexibility index (Phi) is 20.5. The van der Waals surface area contributed by atoms with Gasteiger partial charge in [0.1, 0.15) is 0 Å². The zero-order valence-electron chi connectivity index (χ0n) is 30.2. The maximum Gasteiger partial charge on any atom is 0.0717 e. The van der Waals surface area contributed by atoms with Crippen molar-refractivity contribution in [2.45, 2.75) is 47.0 Å². The van der Waals surface area contributed by atoms with Crippen LogP contribution in [0.2, 0.25) is 0 Å². The third-order valence-corrected chi connectivity index (χ3v) is 36.7. The molecule has 7 aliphatic rings. The fraction of sp³-hybridized carbons (Fsp3) is 0.441. The number of hydrogen-bond acceptors (Lipinski definition) is 21. The van der Waals surface area contributed by atoms with Crippen LogP contribution in [0.3, 0.4) is 0 Å². The van der Waals surface area contributed by atoms with Gasteiger partial charge in [-0.1, -0.05) is 141 Å². The lowest BCUT2D eigenvalue weighted by Crippen LogP contribution is -1.88. The first-order chi connectivity index (χ1) is 26.8. The molecule has 55 heavy (non-hydrogen) atoms. The van der Waals surface area contributed by atoms with Crippen molar-refractivity contribution in [3.05, 3.63) is 78.9 Å². The molecule has 0 aromatic heterocycles. The highest BCUT2D eigenvalue weighted by molar-refractivity contribution is 8.46. The first-order valence-corrected chi connectivity index (χ1v) is 34.7. The van der Waals surface area contributed by atoms with Crippen LogP contribution in [0.25, 0.3) is 0 Å². The van der Waals surface area contributed by atoms with E-state index < -0.39 is 0 Å². The van der Waals surface area contributed by atoms with Crippen LogP contribution in [0.1, 0.15) is 47.0 Å². The van der Waals surface area contributed by atoms with E-state index in [1.54, 1.807) is 0 Å². The fourth-order valence-electron chi connectivity index (χ4n) is 4.45. The summed E-state index contributed by atoms with van der Waals surface area (Å²) in [6.45, 7) is 8.97. The van der Waals surface area contributed by atoms with Gasteiger partial charge in [-0.3, -0.25) is 0 Å². The van der Waals surface area contributed by atoms with Crippen molar-refractivity contribution >= 4 is 235 Å². The van der Waals surface area contributed by atoms with E-state index in [0.29, 0.717) is 6.42 Å². The fourth-order valence-corrected chi connectivity index (χ4v) is 33.8. The summed E-state index contributed by atoms with van der Waals surface area (Å²) in [5.41, 5.74) is 0. The van der Waals surface area contributed by atoms with E-state index in [1.165, 1.54) is 115 Å². The van der Waals surface area contributed by atoms with Gasteiger partial charge >= 0.3 is 0 Å². The molecular weight excluding hydrogens is 1060 g/mol. The normalized spacial score (nSPS) is 22.2. The topological polar surface area (TPSA) is 23.8 Å². The smallest absolute Gasteiger partial charge is 0.0717 e. The van der Waals surface area contributed by atoms with E-state index in [1.807, 2.05) is 176 Å². The molecule has 0 aromatic rings. The van der Waals surface area contributed by atoms with Gasteiger partial charge in [-0.25, -0.2) is 0 Å². The summed E-state index contributed by atoms with van der Waals surface area (Å²) < 4.78 is 20.8. The van der Waals surface area contributed by atoms with Crippen molar-refractivity contribution in [1.82, 2.24) is 0 Å². The zero-order valence-corrected chi connectivity index (χ0v) is 46.5. The molecule has 7 rings (SSSR count). The van der Waals surface area contributed by atoms with Crippen LogP contribution in [0.5, 0.6) is 0 Å². The van der Waals surface area contributed by atoms with E-state index in [0.717, 1.165) is 17.3 Å². The van der Waals surface area contributed by atoms with Crippen LogP contribution in [-0.2, 0) is 0 Å². The minimum Gasteiger partial charge on any atom is -0.198 e. The summed E-state index contributed by atoms with van der Waals surface area (Å²) in [4.78, 5) is 5.76. The zero-order chi connectivity index (χ0) is 38.3. The Hall–Kier alpha value is 4.15. The molecule has 0 aliphatic carbocycles. The molecule has 21 heteroatoms. The average Bonchev–Trinajstić information content (AvgIpc) is 4.04. The van der Waals surface area contributed by atoms with Crippen molar-refractivity contribution in [1.29, 1.82) is 5.26 Å². The Morgan fingerprint density at radius 3 is 1.09 bits per heavy atom. The molecule has 0 amide bonds. The molecule has 0 radical (unpaired) electrons. The first-order valence-electron chi connectivity index (χ1n) is 16.8. The lowest BCUT2D eigenvalue weighted by Gasteiger charge is -2.08. The van der Waals surface area contributed by atoms with Crippen LogP contribution in [0.15, 0.2) is 78.9 Å². The third-order valence-electron chi connectivity index (χ3n) is 7.32. The molecule has 0 saturated heterocycles. The second-order valence-corrected chi connectivity index (χ2v) is 36.5. The number of nitrogens with zero attached hydrogens (tertiary/aromatic N) is 1. The third kappa shape index (κ3) is 13.1. The standard InChI is InChI=1S/C34H35NS20/c1-17-18(2)45-29(44-17)31-48-21(36-5)22(49-31)38-11-7-12-40-25-26(53-33(52-25)34-54-27-28(55-34)43-16-15-42-27)41-14-8-13-39-24-23(37-10-6-9-35)50-32(51-24)30-46-19(3)20(4)47-30/h6-8,10-16H2,1-5H3. The summed E-state index contributed by atoms with van der Waals surface area (Å²) in [7, 11) is 0. The summed E-state index contributed by atoms with van der Waals surface area (Å²) in [6.07, 6.45) is 5.23. The molecule has 0 saturated carbocycles. The molecule has 0 atom stereocenters. The number of nitriles is 1. The van der Waals surface area contributed by atoms with Crippen molar-refractivity contribution in [3.63, 3.8) is 0 Å². The van der Waals surface area contributed by atoms with E-state index in [2.05, 4.69) is 98.8 Å². The van der Waals surface area contributed by atoms with E-state index >= 15 is 0 Å². The molecule has 0 aromatic carbocycles. The number of hydrogen-bond donors (Lipinski definition) is 0. The lowest BCUT2D eigenvalue weighted by molar-refractivity contribution is 1.13. The van der Waals surface area contributed by atoms with Crippen LogP contribution in [0, 0.1) is 11.3 Å². The molecule has 0 fully saturated rings. The van der Waals surface area contributed by atoms with Gasteiger partial charge in [0.15, 0.2) is 0 Å². The Morgan fingerprint density at radius 2 is 0.727 bits per heavy atom. The SMILES string of the molecule is CSC1=C(SCCCSC2=C(SCCCSC3=C(SCCC#N)SC(=C4SC(C)=C(C)S4)S3)SC(=C3SC4=C(SCCS4)S3)S2)SC(=C2SC(C)=C(C)S2)S1. The largest absolute Gasteiger partial charge is 0.198 e. The molecule has 0 bridgehead atoms. The molecule has 0 N–H and O–H groups in total. The summed E-state index contributed by atoms with van der Waals surface area (Å²) >= 11 is 40.0. The van der Waals surface area contributed by atoms with Gasteiger partial charge in [-0.05, 0) is 89.4 Å². The van der Waals surface area contributed by atoms with E-state index in [4.69, 9.17) is 5.26 Å². The van der Waals surface area contributed by atoms with Gasteiger partial charge in [-0.2, -0.15) is 5.26 Å². The average molecular weight is 1100 g/mol. The maximum atomic E-state index is 9.16. The number of allylic oxidation sites excluding steroid dienone is 4. The van der Waals surface area contributed by atoms with Crippen LogP contribution in [0.4, 0.5) is 0 Å². The summed E-state index contributed by atoms with van der Waals surface area (Å²) in [5, 5.41) is 9.16. The molecule has 7 heterocycles. The highest BCUT2D eigenvalue weighted by atomic mass is 32.3.